The topological polar surface area (TPSA) is 37.4 Å². The standard InChI is InChI=1S/C29H29NO2S2/c1-22-7-10-27(11-8-22)34(31,32)29(24-5-3-2-4-6-24)15-19-30-17-13-23(14-18-30)25-9-12-28-26(21-25)16-20-33-28/h2-13,16,20-21,29H,14-15,17-19H2,1H3. The molecule has 1 atom stereocenters. The van der Waals surface area contributed by atoms with Crippen LogP contribution in [0.25, 0.3) is 15.7 Å². The van der Waals surface area contributed by atoms with Gasteiger partial charge in [-0.25, -0.2) is 8.42 Å². The Balaban J connectivity index is 1.31. The predicted molar refractivity (Wildman–Crippen MR) is 143 cm³/mol. The van der Waals surface area contributed by atoms with Crippen LogP contribution in [0.3, 0.4) is 0 Å². The molecule has 0 amide bonds. The van der Waals surface area contributed by atoms with E-state index < -0.39 is 15.1 Å². The molecular formula is C29H29NO2S2. The maximum Gasteiger partial charge on any atom is 0.185 e. The van der Waals surface area contributed by atoms with E-state index in [9.17, 15) is 8.42 Å². The van der Waals surface area contributed by atoms with Crippen molar-refractivity contribution in [1.82, 2.24) is 4.90 Å². The van der Waals surface area contributed by atoms with Crippen LogP contribution in [-0.4, -0.2) is 33.0 Å². The van der Waals surface area contributed by atoms with Crippen molar-refractivity contribution in [2.45, 2.75) is 29.9 Å². The van der Waals surface area contributed by atoms with Gasteiger partial charge in [0.1, 0.15) is 0 Å². The van der Waals surface area contributed by atoms with Crippen LogP contribution in [0.1, 0.15) is 34.8 Å². The summed E-state index contributed by atoms with van der Waals surface area (Å²) in [7, 11) is -3.48. The van der Waals surface area contributed by atoms with Gasteiger partial charge < -0.3 is 0 Å². The van der Waals surface area contributed by atoms with E-state index in [1.54, 1.807) is 23.5 Å². The minimum absolute atomic E-state index is 0.400. The number of benzene rings is 3. The van der Waals surface area contributed by atoms with E-state index in [1.807, 2.05) is 49.4 Å². The van der Waals surface area contributed by atoms with Crippen LogP contribution in [0.5, 0.6) is 0 Å². The fourth-order valence-electron chi connectivity index (χ4n) is 4.70. The average molecular weight is 488 g/mol. The quantitative estimate of drug-likeness (QED) is 0.284. The highest BCUT2D eigenvalue weighted by molar-refractivity contribution is 7.91. The number of aryl methyl sites for hydroxylation is 1. The molecule has 1 unspecified atom stereocenters. The zero-order valence-corrected chi connectivity index (χ0v) is 21.0. The second kappa shape index (κ2) is 9.87. The Bertz CT molecular complexity index is 1400. The Morgan fingerprint density at radius 2 is 1.76 bits per heavy atom. The number of hydrogen-bond acceptors (Lipinski definition) is 4. The Kier molecular flexibility index (Phi) is 6.68. The van der Waals surface area contributed by atoms with Crippen LogP contribution in [0.2, 0.25) is 0 Å². The van der Waals surface area contributed by atoms with E-state index in [0.717, 1.165) is 37.2 Å². The highest BCUT2D eigenvalue weighted by atomic mass is 32.2. The van der Waals surface area contributed by atoms with E-state index in [-0.39, 0.29) is 0 Å². The summed E-state index contributed by atoms with van der Waals surface area (Å²) in [4.78, 5) is 2.77. The van der Waals surface area contributed by atoms with E-state index in [4.69, 9.17) is 0 Å². The van der Waals surface area contributed by atoms with Gasteiger partial charge in [-0.15, -0.1) is 11.3 Å². The number of fused-ring (bicyclic) bond motifs is 1. The largest absolute Gasteiger partial charge is 0.299 e. The van der Waals surface area contributed by atoms with Crippen molar-refractivity contribution in [3.8, 4) is 0 Å². The van der Waals surface area contributed by atoms with Gasteiger partial charge >= 0.3 is 0 Å². The molecule has 0 bridgehead atoms. The molecule has 0 saturated heterocycles. The average Bonchev–Trinajstić information content (AvgIpc) is 3.33. The minimum Gasteiger partial charge on any atom is -0.299 e. The van der Waals surface area contributed by atoms with Gasteiger partial charge in [0.25, 0.3) is 0 Å². The summed E-state index contributed by atoms with van der Waals surface area (Å²) in [6, 6.07) is 25.8. The van der Waals surface area contributed by atoms with Gasteiger partial charge in [-0.3, -0.25) is 4.90 Å². The summed E-state index contributed by atoms with van der Waals surface area (Å²) in [5.41, 5.74) is 4.61. The van der Waals surface area contributed by atoms with Gasteiger partial charge in [0.05, 0.1) is 10.1 Å². The van der Waals surface area contributed by atoms with Crippen LogP contribution >= 0.6 is 11.3 Å². The highest BCUT2D eigenvalue weighted by Gasteiger charge is 2.29. The molecule has 1 aliphatic rings. The Labute approximate surface area is 206 Å². The van der Waals surface area contributed by atoms with Crippen LogP contribution in [-0.2, 0) is 9.84 Å². The zero-order chi connectivity index (χ0) is 23.5. The maximum atomic E-state index is 13.6. The molecule has 0 fully saturated rings. The lowest BCUT2D eigenvalue weighted by atomic mass is 9.98. The molecule has 174 valence electrons. The molecule has 0 saturated carbocycles. The Morgan fingerprint density at radius 3 is 2.50 bits per heavy atom. The number of hydrogen-bond donors (Lipinski definition) is 0. The van der Waals surface area contributed by atoms with Crippen LogP contribution < -0.4 is 0 Å². The normalized spacial score (nSPS) is 15.9. The summed E-state index contributed by atoms with van der Waals surface area (Å²) < 4.78 is 28.5. The summed E-state index contributed by atoms with van der Waals surface area (Å²) in [5.74, 6) is 0. The molecule has 1 aromatic heterocycles. The van der Waals surface area contributed by atoms with Gasteiger partial charge in [-0.1, -0.05) is 60.2 Å². The highest BCUT2D eigenvalue weighted by Crippen LogP contribution is 2.33. The molecule has 34 heavy (non-hydrogen) atoms. The van der Waals surface area contributed by atoms with Gasteiger partial charge in [0.2, 0.25) is 0 Å². The summed E-state index contributed by atoms with van der Waals surface area (Å²) in [6.45, 7) is 4.52. The Hall–Kier alpha value is -2.73. The third kappa shape index (κ3) is 4.88. The van der Waals surface area contributed by atoms with Crippen molar-refractivity contribution in [2.24, 2.45) is 0 Å². The van der Waals surface area contributed by atoms with E-state index in [1.165, 1.54) is 21.2 Å². The second-order valence-corrected chi connectivity index (χ2v) is 12.1. The van der Waals surface area contributed by atoms with Crippen molar-refractivity contribution in [3.05, 3.63) is 107 Å². The molecule has 1 aliphatic heterocycles. The SMILES string of the molecule is Cc1ccc(S(=O)(=O)C(CCN2CC=C(c3ccc4sccc4c3)CC2)c2ccccc2)cc1. The first kappa shape index (κ1) is 23.0. The lowest BCUT2D eigenvalue weighted by Crippen LogP contribution is -2.31. The first-order chi connectivity index (χ1) is 16.5. The van der Waals surface area contributed by atoms with Crippen molar-refractivity contribution in [1.29, 1.82) is 0 Å². The molecule has 4 aromatic rings. The molecule has 0 N–H and O–H groups in total. The lowest BCUT2D eigenvalue weighted by molar-refractivity contribution is 0.296. The molecule has 0 aliphatic carbocycles. The van der Waals surface area contributed by atoms with E-state index >= 15 is 0 Å². The predicted octanol–water partition coefficient (Wildman–Crippen LogP) is 6.90. The van der Waals surface area contributed by atoms with Crippen LogP contribution in [0.4, 0.5) is 0 Å². The fourth-order valence-corrected chi connectivity index (χ4v) is 7.25. The van der Waals surface area contributed by atoms with E-state index in [2.05, 4.69) is 40.6 Å². The van der Waals surface area contributed by atoms with Crippen LogP contribution in [0.15, 0.2) is 95.2 Å². The van der Waals surface area contributed by atoms with Gasteiger partial charge in [-0.05, 0) is 77.6 Å². The Morgan fingerprint density at radius 1 is 0.971 bits per heavy atom. The van der Waals surface area contributed by atoms with Crippen molar-refractivity contribution < 1.29 is 8.42 Å². The van der Waals surface area contributed by atoms with Crippen molar-refractivity contribution in [3.63, 3.8) is 0 Å². The number of nitrogens with zero attached hydrogens (tertiary/aromatic N) is 1. The summed E-state index contributed by atoms with van der Waals surface area (Å²) in [5, 5.41) is 2.89. The fraction of sp³-hybridized carbons (Fsp3) is 0.241. The lowest BCUT2D eigenvalue weighted by Gasteiger charge is -2.28. The van der Waals surface area contributed by atoms with Gasteiger partial charge in [0.15, 0.2) is 9.84 Å². The molecule has 3 aromatic carbocycles. The van der Waals surface area contributed by atoms with Crippen molar-refractivity contribution >= 4 is 36.8 Å². The molecule has 0 radical (unpaired) electrons. The first-order valence-corrected chi connectivity index (χ1v) is 14.2. The van der Waals surface area contributed by atoms with E-state index in [0.29, 0.717) is 11.3 Å². The van der Waals surface area contributed by atoms with Gasteiger partial charge in [0, 0.05) is 24.3 Å². The molecule has 5 heteroatoms. The molecule has 3 nitrogen and oxygen atoms in total. The molecule has 2 heterocycles. The zero-order valence-electron chi connectivity index (χ0n) is 19.4. The number of thiophene rings is 1. The van der Waals surface area contributed by atoms with Gasteiger partial charge in [-0.2, -0.15) is 0 Å². The van der Waals surface area contributed by atoms with Crippen molar-refractivity contribution in [2.75, 3.05) is 19.6 Å². The number of rotatable bonds is 7. The second-order valence-electron chi connectivity index (χ2n) is 9.00. The molecule has 0 spiro atoms. The smallest absolute Gasteiger partial charge is 0.185 e. The number of sulfone groups is 1. The monoisotopic (exact) mass is 487 g/mol. The summed E-state index contributed by atoms with van der Waals surface area (Å²) >= 11 is 1.77. The summed E-state index contributed by atoms with van der Waals surface area (Å²) in [6.07, 6.45) is 3.86. The minimum atomic E-state index is -3.48. The molecular weight excluding hydrogens is 458 g/mol. The maximum absolute atomic E-state index is 13.6. The third-order valence-corrected chi connectivity index (χ3v) is 9.80. The first-order valence-electron chi connectivity index (χ1n) is 11.8. The third-order valence-electron chi connectivity index (χ3n) is 6.72. The van der Waals surface area contributed by atoms with Crippen LogP contribution in [0, 0.1) is 6.92 Å². The molecule has 5 rings (SSSR count).